The maximum atomic E-state index is 13.0. The summed E-state index contributed by atoms with van der Waals surface area (Å²) < 4.78 is 37.6. The average Bonchev–Trinajstić information content (AvgIpc) is 2.98. The molecule has 1 heterocycles. The molecule has 1 saturated heterocycles. The van der Waals surface area contributed by atoms with E-state index in [4.69, 9.17) is 0 Å². The van der Waals surface area contributed by atoms with Crippen LogP contribution in [0.25, 0.3) is 0 Å². The van der Waals surface area contributed by atoms with Gasteiger partial charge in [-0.05, 0) is 30.7 Å². The Morgan fingerprint density at radius 3 is 2.67 bits per heavy atom. The number of halogens is 1. The molecule has 2 atom stereocenters. The Balaban J connectivity index is 1.74. The molecule has 0 radical (unpaired) electrons. The summed E-state index contributed by atoms with van der Waals surface area (Å²) in [7, 11) is -3.11. The van der Waals surface area contributed by atoms with E-state index in [-0.39, 0.29) is 11.9 Å². The summed E-state index contributed by atoms with van der Waals surface area (Å²) in [6.45, 7) is 5.29. The first kappa shape index (κ1) is 19.3. The molecule has 8 heteroatoms. The van der Waals surface area contributed by atoms with Crippen LogP contribution < -0.4 is 16.2 Å². The number of hydrazine groups is 1. The minimum absolute atomic E-state index is 0.140. The molecule has 0 aliphatic carbocycles. The third kappa shape index (κ3) is 5.49. The SMILES string of the molecule is CCN(CCCNCC1CNNC1c1ccc(F)cc1)S(C)(=O)=O. The lowest BCUT2D eigenvalue weighted by atomic mass is 9.95. The minimum Gasteiger partial charge on any atom is -0.316 e. The van der Waals surface area contributed by atoms with Gasteiger partial charge in [0.1, 0.15) is 5.82 Å². The largest absolute Gasteiger partial charge is 0.316 e. The van der Waals surface area contributed by atoms with Crippen molar-refractivity contribution in [2.24, 2.45) is 5.92 Å². The van der Waals surface area contributed by atoms with Gasteiger partial charge in [0.15, 0.2) is 0 Å². The molecule has 1 aromatic rings. The molecule has 6 nitrogen and oxygen atoms in total. The van der Waals surface area contributed by atoms with Crippen molar-refractivity contribution >= 4 is 10.0 Å². The first-order valence-electron chi connectivity index (χ1n) is 8.31. The van der Waals surface area contributed by atoms with Crippen LogP contribution in [0.4, 0.5) is 4.39 Å². The van der Waals surface area contributed by atoms with Crippen LogP contribution in [0, 0.1) is 11.7 Å². The normalized spacial score (nSPS) is 21.5. The molecular formula is C16H27FN4O2S. The van der Waals surface area contributed by atoms with Crippen LogP contribution in [0.1, 0.15) is 24.9 Å². The van der Waals surface area contributed by atoms with Gasteiger partial charge in [-0.2, -0.15) is 0 Å². The highest BCUT2D eigenvalue weighted by Gasteiger charge is 2.27. The maximum Gasteiger partial charge on any atom is 0.211 e. The maximum absolute atomic E-state index is 13.0. The molecule has 24 heavy (non-hydrogen) atoms. The van der Waals surface area contributed by atoms with Crippen molar-refractivity contribution < 1.29 is 12.8 Å². The fraction of sp³-hybridized carbons (Fsp3) is 0.625. The van der Waals surface area contributed by atoms with Crippen LogP contribution in [0.5, 0.6) is 0 Å². The zero-order valence-corrected chi connectivity index (χ0v) is 15.1. The van der Waals surface area contributed by atoms with E-state index in [1.165, 1.54) is 22.7 Å². The second kappa shape index (κ2) is 8.87. The van der Waals surface area contributed by atoms with Crippen LogP contribution in [-0.4, -0.2) is 51.7 Å². The third-order valence-electron chi connectivity index (χ3n) is 4.31. The molecule has 1 aliphatic rings. The molecule has 1 fully saturated rings. The summed E-state index contributed by atoms with van der Waals surface area (Å²) >= 11 is 0. The van der Waals surface area contributed by atoms with E-state index in [0.717, 1.165) is 31.6 Å². The molecule has 1 aliphatic heterocycles. The smallest absolute Gasteiger partial charge is 0.211 e. The molecule has 1 aromatic carbocycles. The van der Waals surface area contributed by atoms with Gasteiger partial charge in [-0.15, -0.1) is 0 Å². The van der Waals surface area contributed by atoms with Crippen molar-refractivity contribution in [2.45, 2.75) is 19.4 Å². The number of rotatable bonds is 9. The molecule has 0 aromatic heterocycles. The fourth-order valence-corrected chi connectivity index (χ4v) is 3.91. The molecule has 0 amide bonds. The van der Waals surface area contributed by atoms with Crippen LogP contribution >= 0.6 is 0 Å². The number of nitrogens with zero attached hydrogens (tertiary/aromatic N) is 1. The molecule has 2 unspecified atom stereocenters. The quantitative estimate of drug-likeness (QED) is 0.571. The number of hydrogen-bond donors (Lipinski definition) is 3. The van der Waals surface area contributed by atoms with Gasteiger partial charge >= 0.3 is 0 Å². The Bertz CT molecular complexity index is 609. The van der Waals surface area contributed by atoms with E-state index < -0.39 is 10.0 Å². The van der Waals surface area contributed by atoms with E-state index in [1.807, 2.05) is 6.92 Å². The van der Waals surface area contributed by atoms with Gasteiger partial charge in [-0.3, -0.25) is 5.43 Å². The predicted octanol–water partition coefficient (Wildman–Crippen LogP) is 0.852. The Hall–Kier alpha value is -1.06. The Morgan fingerprint density at radius 1 is 1.33 bits per heavy atom. The van der Waals surface area contributed by atoms with Crippen LogP contribution in [0.2, 0.25) is 0 Å². The number of hydrogen-bond acceptors (Lipinski definition) is 5. The van der Waals surface area contributed by atoms with Crippen molar-refractivity contribution in [1.82, 2.24) is 20.5 Å². The van der Waals surface area contributed by atoms with Gasteiger partial charge in [0.05, 0.1) is 12.3 Å². The highest BCUT2D eigenvalue weighted by molar-refractivity contribution is 7.88. The summed E-state index contributed by atoms with van der Waals surface area (Å²) in [4.78, 5) is 0. The van der Waals surface area contributed by atoms with Gasteiger partial charge in [0, 0.05) is 32.1 Å². The Morgan fingerprint density at radius 2 is 2.04 bits per heavy atom. The van der Waals surface area contributed by atoms with Crippen molar-refractivity contribution in [1.29, 1.82) is 0 Å². The number of benzene rings is 1. The van der Waals surface area contributed by atoms with Crippen LogP contribution in [0.3, 0.4) is 0 Å². The summed E-state index contributed by atoms with van der Waals surface area (Å²) in [5.41, 5.74) is 7.44. The highest BCUT2D eigenvalue weighted by atomic mass is 32.2. The first-order valence-corrected chi connectivity index (χ1v) is 10.2. The molecule has 0 spiro atoms. The Labute approximate surface area is 143 Å². The lowest BCUT2D eigenvalue weighted by molar-refractivity contribution is 0.404. The standard InChI is InChI=1S/C16H27FN4O2S/c1-3-21(24(2,22)23)10-4-9-18-11-14-12-19-20-16(14)13-5-7-15(17)8-6-13/h5-8,14,16,18-20H,3-4,9-12H2,1-2H3. The van der Waals surface area contributed by atoms with Gasteiger partial charge in [0.25, 0.3) is 0 Å². The van der Waals surface area contributed by atoms with E-state index in [9.17, 15) is 12.8 Å². The second-order valence-corrected chi connectivity index (χ2v) is 8.11. The van der Waals surface area contributed by atoms with Gasteiger partial charge in [0.2, 0.25) is 10.0 Å². The summed E-state index contributed by atoms with van der Waals surface area (Å²) in [5, 5.41) is 3.39. The molecular weight excluding hydrogens is 331 g/mol. The number of sulfonamides is 1. The van der Waals surface area contributed by atoms with Gasteiger partial charge in [-0.25, -0.2) is 22.5 Å². The topological polar surface area (TPSA) is 73.5 Å². The lowest BCUT2D eigenvalue weighted by Gasteiger charge is -2.20. The van der Waals surface area contributed by atoms with Crippen LogP contribution in [0.15, 0.2) is 24.3 Å². The average molecular weight is 358 g/mol. The molecule has 0 bridgehead atoms. The van der Waals surface area contributed by atoms with Crippen molar-refractivity contribution in [3.63, 3.8) is 0 Å². The zero-order chi connectivity index (χ0) is 17.6. The van der Waals surface area contributed by atoms with E-state index >= 15 is 0 Å². The molecule has 2 rings (SSSR count). The zero-order valence-electron chi connectivity index (χ0n) is 14.3. The summed E-state index contributed by atoms with van der Waals surface area (Å²) in [6, 6.07) is 6.70. The van der Waals surface area contributed by atoms with Crippen molar-refractivity contribution in [2.75, 3.05) is 39.0 Å². The van der Waals surface area contributed by atoms with E-state index in [0.29, 0.717) is 19.0 Å². The fourth-order valence-electron chi connectivity index (χ4n) is 2.98. The molecule has 0 saturated carbocycles. The highest BCUT2D eigenvalue weighted by Crippen LogP contribution is 2.24. The van der Waals surface area contributed by atoms with Gasteiger partial charge < -0.3 is 5.32 Å². The summed E-state index contributed by atoms with van der Waals surface area (Å²) in [5.74, 6) is 0.124. The molecule has 136 valence electrons. The van der Waals surface area contributed by atoms with E-state index in [1.54, 1.807) is 12.1 Å². The monoisotopic (exact) mass is 358 g/mol. The number of nitrogens with one attached hydrogen (secondary N) is 3. The van der Waals surface area contributed by atoms with Crippen LogP contribution in [-0.2, 0) is 10.0 Å². The minimum atomic E-state index is -3.11. The molecule has 3 N–H and O–H groups in total. The summed E-state index contributed by atoms with van der Waals surface area (Å²) in [6.07, 6.45) is 2.02. The first-order chi connectivity index (χ1) is 11.4. The second-order valence-electron chi connectivity index (χ2n) is 6.13. The predicted molar refractivity (Wildman–Crippen MR) is 93.3 cm³/mol. The van der Waals surface area contributed by atoms with Crippen molar-refractivity contribution in [3.05, 3.63) is 35.6 Å². The lowest BCUT2D eigenvalue weighted by Crippen LogP contribution is -2.34. The van der Waals surface area contributed by atoms with Crippen molar-refractivity contribution in [3.8, 4) is 0 Å². The third-order valence-corrected chi connectivity index (χ3v) is 5.69. The Kier molecular flexibility index (Phi) is 7.12. The van der Waals surface area contributed by atoms with E-state index in [2.05, 4.69) is 16.2 Å². The van der Waals surface area contributed by atoms with Gasteiger partial charge in [-0.1, -0.05) is 19.1 Å².